The Morgan fingerprint density at radius 2 is 0.911 bits per heavy atom. The van der Waals surface area contributed by atoms with Crippen molar-refractivity contribution >= 4 is 64.8 Å². The van der Waals surface area contributed by atoms with Gasteiger partial charge in [-0.05, 0) is 89.9 Å². The molecular weight excluding hydrogens is 542 g/mol. The first-order valence-electron chi connectivity index (χ1n) is 15.6. The number of hydrogen-bond donors (Lipinski definition) is 0. The molecular formula is C44H27N. The van der Waals surface area contributed by atoms with Gasteiger partial charge in [0.1, 0.15) is 0 Å². The maximum atomic E-state index is 2.54. The molecule has 1 heteroatoms. The second-order valence-electron chi connectivity index (χ2n) is 12.2. The molecule has 1 nitrogen and oxygen atoms in total. The van der Waals surface area contributed by atoms with Crippen LogP contribution in [0.5, 0.6) is 0 Å². The van der Waals surface area contributed by atoms with Gasteiger partial charge in [-0.25, -0.2) is 0 Å². The van der Waals surface area contributed by atoms with Gasteiger partial charge in [-0.3, -0.25) is 0 Å². The Hall–Kier alpha value is -5.92. The van der Waals surface area contributed by atoms with Crippen molar-refractivity contribution in [3.63, 3.8) is 0 Å². The van der Waals surface area contributed by atoms with Crippen molar-refractivity contribution in [2.45, 2.75) is 0 Å². The molecule has 208 valence electrons. The lowest BCUT2D eigenvalue weighted by Gasteiger charge is -2.16. The molecule has 1 heterocycles. The summed E-state index contributed by atoms with van der Waals surface area (Å²) < 4.78 is 2.54. The van der Waals surface area contributed by atoms with Gasteiger partial charge in [-0.1, -0.05) is 133 Å². The van der Waals surface area contributed by atoms with Gasteiger partial charge in [0.25, 0.3) is 0 Å². The van der Waals surface area contributed by atoms with Gasteiger partial charge in [0.15, 0.2) is 0 Å². The Kier molecular flexibility index (Phi) is 5.06. The quantitative estimate of drug-likeness (QED) is 0.147. The zero-order valence-electron chi connectivity index (χ0n) is 24.5. The van der Waals surface area contributed by atoms with E-state index >= 15 is 0 Å². The van der Waals surface area contributed by atoms with E-state index in [9.17, 15) is 0 Å². The van der Waals surface area contributed by atoms with Gasteiger partial charge in [-0.2, -0.15) is 0 Å². The molecule has 0 N–H and O–H groups in total. The molecule has 0 saturated carbocycles. The summed E-state index contributed by atoms with van der Waals surface area (Å²) in [6, 6.07) is 60.4. The second kappa shape index (κ2) is 9.29. The molecule has 0 saturated heterocycles. The van der Waals surface area contributed by atoms with Crippen molar-refractivity contribution in [2.75, 3.05) is 0 Å². The highest BCUT2D eigenvalue weighted by atomic mass is 15.0. The normalized spacial score (nSPS) is 12.0. The SMILES string of the molecule is c1ccc(-c2c(-c3ccccc3)n(-c3ccc4cc5ccccc5cc4c3)c3c2cc2ccc4cccc5ccc3c2c45)cc1. The van der Waals surface area contributed by atoms with Crippen LogP contribution in [-0.4, -0.2) is 4.57 Å². The number of fused-ring (bicyclic) bond motifs is 4. The third kappa shape index (κ3) is 3.56. The lowest BCUT2D eigenvalue weighted by Crippen LogP contribution is -1.98. The molecule has 1 aromatic heterocycles. The summed E-state index contributed by atoms with van der Waals surface area (Å²) in [4.78, 5) is 0. The molecule has 0 spiro atoms. The fourth-order valence-corrected chi connectivity index (χ4v) is 7.67. The molecule has 0 aliphatic rings. The van der Waals surface area contributed by atoms with E-state index in [0.29, 0.717) is 0 Å². The van der Waals surface area contributed by atoms with Crippen molar-refractivity contribution in [2.24, 2.45) is 0 Å². The lowest BCUT2D eigenvalue weighted by molar-refractivity contribution is 1.15. The van der Waals surface area contributed by atoms with Crippen LogP contribution in [0.15, 0.2) is 164 Å². The van der Waals surface area contributed by atoms with Crippen molar-refractivity contribution < 1.29 is 0 Å². The first-order chi connectivity index (χ1) is 22.3. The minimum Gasteiger partial charge on any atom is -0.308 e. The van der Waals surface area contributed by atoms with Crippen molar-refractivity contribution in [1.29, 1.82) is 0 Å². The van der Waals surface area contributed by atoms with E-state index in [1.807, 2.05) is 0 Å². The summed E-state index contributed by atoms with van der Waals surface area (Å²) in [5.74, 6) is 0. The van der Waals surface area contributed by atoms with E-state index in [-0.39, 0.29) is 0 Å². The molecule has 0 aliphatic heterocycles. The smallest absolute Gasteiger partial charge is 0.0620 e. The Balaban J connectivity index is 1.43. The Morgan fingerprint density at radius 3 is 1.67 bits per heavy atom. The molecule has 0 unspecified atom stereocenters. The van der Waals surface area contributed by atoms with E-state index in [2.05, 4.69) is 168 Å². The minimum absolute atomic E-state index is 1.17. The van der Waals surface area contributed by atoms with Gasteiger partial charge in [0.05, 0.1) is 11.2 Å². The monoisotopic (exact) mass is 569 g/mol. The van der Waals surface area contributed by atoms with E-state index in [0.717, 1.165) is 0 Å². The van der Waals surface area contributed by atoms with Crippen LogP contribution in [0.2, 0.25) is 0 Å². The van der Waals surface area contributed by atoms with Gasteiger partial charge in [-0.15, -0.1) is 0 Å². The number of aromatic nitrogens is 1. The third-order valence-electron chi connectivity index (χ3n) is 9.63. The maximum absolute atomic E-state index is 2.54. The average molecular weight is 570 g/mol. The van der Waals surface area contributed by atoms with Gasteiger partial charge in [0.2, 0.25) is 0 Å². The third-order valence-corrected chi connectivity index (χ3v) is 9.63. The molecule has 0 radical (unpaired) electrons. The minimum atomic E-state index is 1.17. The molecule has 9 aromatic carbocycles. The first kappa shape index (κ1) is 24.5. The molecule has 45 heavy (non-hydrogen) atoms. The molecule has 0 fully saturated rings. The standard InChI is InChI=1S/C44H27N/c1-3-10-28(11-4-1)42-39-27-35-19-18-29-16-9-17-30-21-23-38(41(35)40(29)30)44(39)45(43(42)31-12-5-2-6-13-31)37-22-20-34-24-32-14-7-8-15-33(32)25-36(34)26-37/h1-27H. The van der Waals surface area contributed by atoms with Gasteiger partial charge < -0.3 is 4.57 Å². The average Bonchev–Trinajstić information content (AvgIpc) is 3.45. The number of benzene rings is 9. The molecule has 0 amide bonds. The second-order valence-corrected chi connectivity index (χ2v) is 12.2. The van der Waals surface area contributed by atoms with E-state index < -0.39 is 0 Å². The summed E-state index contributed by atoms with van der Waals surface area (Å²) >= 11 is 0. The lowest BCUT2D eigenvalue weighted by atomic mass is 9.91. The zero-order chi connectivity index (χ0) is 29.5. The number of hydrogen-bond acceptors (Lipinski definition) is 0. The van der Waals surface area contributed by atoms with Crippen LogP contribution in [-0.2, 0) is 0 Å². The highest BCUT2D eigenvalue weighted by Crippen LogP contribution is 2.48. The molecule has 10 rings (SSSR count). The van der Waals surface area contributed by atoms with Crippen LogP contribution in [0.1, 0.15) is 0 Å². The van der Waals surface area contributed by atoms with E-state index in [4.69, 9.17) is 0 Å². The largest absolute Gasteiger partial charge is 0.308 e. The summed E-state index contributed by atoms with van der Waals surface area (Å²) in [5.41, 5.74) is 7.32. The fraction of sp³-hybridized carbons (Fsp3) is 0. The van der Waals surface area contributed by atoms with Crippen molar-refractivity contribution in [3.05, 3.63) is 164 Å². The van der Waals surface area contributed by atoms with Crippen LogP contribution in [0.4, 0.5) is 0 Å². The Bertz CT molecular complexity index is 2720. The predicted molar refractivity (Wildman–Crippen MR) is 193 cm³/mol. The maximum Gasteiger partial charge on any atom is 0.0620 e. The van der Waals surface area contributed by atoms with Crippen LogP contribution in [0.25, 0.3) is 92.8 Å². The highest BCUT2D eigenvalue weighted by Gasteiger charge is 2.24. The summed E-state index contributed by atoms with van der Waals surface area (Å²) in [7, 11) is 0. The van der Waals surface area contributed by atoms with Gasteiger partial charge >= 0.3 is 0 Å². The summed E-state index contributed by atoms with van der Waals surface area (Å²) in [5, 5.41) is 14.1. The van der Waals surface area contributed by atoms with Crippen LogP contribution >= 0.6 is 0 Å². The van der Waals surface area contributed by atoms with Crippen LogP contribution in [0.3, 0.4) is 0 Å². The molecule has 0 bridgehead atoms. The molecule has 0 aliphatic carbocycles. The van der Waals surface area contributed by atoms with Crippen LogP contribution < -0.4 is 0 Å². The molecule has 0 atom stereocenters. The summed E-state index contributed by atoms with van der Waals surface area (Å²) in [6.07, 6.45) is 0. The zero-order valence-corrected chi connectivity index (χ0v) is 24.5. The summed E-state index contributed by atoms with van der Waals surface area (Å²) in [6.45, 7) is 0. The van der Waals surface area contributed by atoms with Crippen molar-refractivity contribution in [1.82, 2.24) is 4.57 Å². The van der Waals surface area contributed by atoms with Crippen molar-refractivity contribution in [3.8, 4) is 28.1 Å². The Labute approximate surface area is 260 Å². The van der Waals surface area contributed by atoms with Crippen LogP contribution in [0, 0.1) is 0 Å². The topological polar surface area (TPSA) is 4.93 Å². The van der Waals surface area contributed by atoms with Gasteiger partial charge in [0, 0.05) is 22.0 Å². The number of nitrogens with zero attached hydrogens (tertiary/aromatic N) is 1. The van der Waals surface area contributed by atoms with E-state index in [1.54, 1.807) is 0 Å². The predicted octanol–water partition coefficient (Wildman–Crippen LogP) is 12.2. The fourth-order valence-electron chi connectivity index (χ4n) is 7.67. The van der Waals surface area contributed by atoms with E-state index in [1.165, 1.54) is 92.8 Å². The Morgan fingerprint density at radius 1 is 0.333 bits per heavy atom. The number of rotatable bonds is 3. The highest BCUT2D eigenvalue weighted by molar-refractivity contribution is 6.30. The molecule has 10 aromatic rings. The first-order valence-corrected chi connectivity index (χ1v) is 15.6.